The summed E-state index contributed by atoms with van der Waals surface area (Å²) in [6.07, 6.45) is 1.78. The van der Waals surface area contributed by atoms with E-state index >= 15 is 0 Å². The Kier molecular flexibility index (Phi) is 4.19. The summed E-state index contributed by atoms with van der Waals surface area (Å²) in [7, 11) is 0. The Morgan fingerprint density at radius 1 is 1.05 bits per heavy atom. The van der Waals surface area contributed by atoms with Crippen LogP contribution in [0.4, 0.5) is 0 Å². The first-order chi connectivity index (χ1) is 10.0. The molecule has 0 aliphatic heterocycles. The number of benzene rings is 1. The van der Waals surface area contributed by atoms with E-state index < -0.39 is 0 Å². The molecule has 0 bridgehead atoms. The average Bonchev–Trinajstić information content (AvgIpc) is 2.88. The third kappa shape index (κ3) is 3.22. The molecule has 2 heterocycles. The predicted molar refractivity (Wildman–Crippen MR) is 94.7 cm³/mol. The molecular formula is C15H10Cl2IN3. The number of H-pyrrole nitrogens is 1. The number of aromatic nitrogens is 3. The monoisotopic (exact) mass is 429 g/mol. The highest BCUT2D eigenvalue weighted by molar-refractivity contribution is 14.1. The van der Waals surface area contributed by atoms with Crippen LogP contribution < -0.4 is 0 Å². The van der Waals surface area contributed by atoms with Gasteiger partial charge in [0.25, 0.3) is 0 Å². The number of halogens is 3. The van der Waals surface area contributed by atoms with Crippen molar-refractivity contribution in [1.82, 2.24) is 15.0 Å². The van der Waals surface area contributed by atoms with Crippen molar-refractivity contribution in [3.8, 4) is 22.6 Å². The second kappa shape index (κ2) is 5.94. The van der Waals surface area contributed by atoms with Gasteiger partial charge in [-0.25, -0.2) is 9.97 Å². The van der Waals surface area contributed by atoms with E-state index in [1.165, 1.54) is 0 Å². The number of imidazole rings is 1. The fraction of sp³-hybridized carbons (Fsp3) is 0.0667. The Bertz CT molecular complexity index is 814. The second-order valence-electron chi connectivity index (χ2n) is 4.59. The summed E-state index contributed by atoms with van der Waals surface area (Å²) in [4.78, 5) is 12.0. The van der Waals surface area contributed by atoms with Gasteiger partial charge in [0.05, 0.1) is 19.9 Å². The standard InChI is InChI=1S/C15H10Cl2IN3/c1-8-4-10(9-2-3-11(16)12(17)5-9)6-13(20-8)15-19-7-14(18)21-15/h2-7H,1H3,(H,19,21). The molecule has 0 aliphatic rings. The highest BCUT2D eigenvalue weighted by atomic mass is 127. The third-order valence-corrected chi connectivity index (χ3v) is 4.28. The minimum atomic E-state index is 0.540. The van der Waals surface area contributed by atoms with E-state index in [2.05, 4.69) is 37.5 Å². The van der Waals surface area contributed by atoms with E-state index in [0.717, 1.165) is 32.0 Å². The van der Waals surface area contributed by atoms with Gasteiger partial charge >= 0.3 is 0 Å². The highest BCUT2D eigenvalue weighted by Crippen LogP contribution is 2.30. The number of aromatic amines is 1. The molecule has 0 radical (unpaired) electrons. The van der Waals surface area contributed by atoms with Crippen LogP contribution in [0.2, 0.25) is 10.0 Å². The van der Waals surface area contributed by atoms with Gasteiger partial charge in [-0.3, -0.25) is 0 Å². The lowest BCUT2D eigenvalue weighted by atomic mass is 10.0. The number of aryl methyl sites for hydroxylation is 1. The molecule has 0 amide bonds. The van der Waals surface area contributed by atoms with Crippen LogP contribution in [0, 0.1) is 10.6 Å². The van der Waals surface area contributed by atoms with Crippen molar-refractivity contribution < 1.29 is 0 Å². The SMILES string of the molecule is Cc1cc(-c2ccc(Cl)c(Cl)c2)cc(-c2ncc(I)[nH]2)n1. The lowest BCUT2D eigenvalue weighted by molar-refractivity contribution is 1.16. The van der Waals surface area contributed by atoms with E-state index in [4.69, 9.17) is 23.2 Å². The summed E-state index contributed by atoms with van der Waals surface area (Å²) in [5, 5.41) is 1.09. The van der Waals surface area contributed by atoms with Crippen LogP contribution in [0.5, 0.6) is 0 Å². The molecule has 3 aromatic rings. The van der Waals surface area contributed by atoms with Crippen molar-refractivity contribution >= 4 is 45.8 Å². The maximum absolute atomic E-state index is 6.10. The number of nitrogens with one attached hydrogen (secondary N) is 1. The fourth-order valence-corrected chi connectivity index (χ4v) is 2.75. The zero-order valence-corrected chi connectivity index (χ0v) is 14.7. The molecular weight excluding hydrogens is 420 g/mol. The number of rotatable bonds is 2. The lowest BCUT2D eigenvalue weighted by Crippen LogP contribution is -1.91. The Hall–Kier alpha value is -1.11. The van der Waals surface area contributed by atoms with Gasteiger partial charge in [0, 0.05) is 5.69 Å². The van der Waals surface area contributed by atoms with E-state index in [1.807, 2.05) is 31.2 Å². The number of pyridine rings is 1. The van der Waals surface area contributed by atoms with Gasteiger partial charge in [0.15, 0.2) is 5.82 Å². The van der Waals surface area contributed by atoms with Gasteiger partial charge in [0.2, 0.25) is 0 Å². The maximum atomic E-state index is 6.10. The van der Waals surface area contributed by atoms with Gasteiger partial charge in [-0.05, 0) is 64.9 Å². The summed E-state index contributed by atoms with van der Waals surface area (Å²) < 4.78 is 0.974. The van der Waals surface area contributed by atoms with Crippen molar-refractivity contribution in [3.63, 3.8) is 0 Å². The van der Waals surface area contributed by atoms with Crippen LogP contribution in [-0.2, 0) is 0 Å². The van der Waals surface area contributed by atoms with Crippen LogP contribution >= 0.6 is 45.8 Å². The molecule has 0 saturated heterocycles. The summed E-state index contributed by atoms with van der Waals surface area (Å²) in [5.41, 5.74) is 3.75. The van der Waals surface area contributed by atoms with Crippen LogP contribution in [0.3, 0.4) is 0 Å². The highest BCUT2D eigenvalue weighted by Gasteiger charge is 2.09. The van der Waals surface area contributed by atoms with Crippen molar-refractivity contribution in [2.75, 3.05) is 0 Å². The molecule has 0 aliphatic carbocycles. The molecule has 0 atom stereocenters. The molecule has 3 rings (SSSR count). The maximum Gasteiger partial charge on any atom is 0.156 e. The predicted octanol–water partition coefficient (Wildman–Crippen LogP) is 5.36. The quantitative estimate of drug-likeness (QED) is 0.557. The van der Waals surface area contributed by atoms with Crippen molar-refractivity contribution in [1.29, 1.82) is 0 Å². The minimum absolute atomic E-state index is 0.540. The number of hydrogen-bond acceptors (Lipinski definition) is 2. The normalized spacial score (nSPS) is 10.9. The summed E-state index contributed by atoms with van der Waals surface area (Å²) in [5.74, 6) is 0.754. The van der Waals surface area contributed by atoms with Crippen LogP contribution in [0.1, 0.15) is 5.69 Å². The van der Waals surface area contributed by atoms with E-state index in [1.54, 1.807) is 12.3 Å². The van der Waals surface area contributed by atoms with Gasteiger partial charge in [-0.2, -0.15) is 0 Å². The molecule has 106 valence electrons. The number of nitrogens with zero attached hydrogens (tertiary/aromatic N) is 2. The summed E-state index contributed by atoms with van der Waals surface area (Å²) in [6, 6.07) is 9.59. The van der Waals surface area contributed by atoms with Crippen LogP contribution in [0.15, 0.2) is 36.5 Å². The molecule has 0 saturated carbocycles. The largest absolute Gasteiger partial charge is 0.332 e. The Morgan fingerprint density at radius 3 is 2.52 bits per heavy atom. The molecule has 1 N–H and O–H groups in total. The lowest BCUT2D eigenvalue weighted by Gasteiger charge is -2.07. The van der Waals surface area contributed by atoms with Crippen LogP contribution in [-0.4, -0.2) is 15.0 Å². The zero-order valence-electron chi connectivity index (χ0n) is 11.0. The van der Waals surface area contributed by atoms with Gasteiger partial charge in [-0.1, -0.05) is 29.3 Å². The van der Waals surface area contributed by atoms with Crippen LogP contribution in [0.25, 0.3) is 22.6 Å². The van der Waals surface area contributed by atoms with Gasteiger partial charge in [-0.15, -0.1) is 0 Å². The molecule has 2 aromatic heterocycles. The fourth-order valence-electron chi connectivity index (χ4n) is 2.06. The first kappa shape index (κ1) is 14.8. The molecule has 6 heteroatoms. The zero-order chi connectivity index (χ0) is 15.0. The van der Waals surface area contributed by atoms with Crippen molar-refractivity contribution in [2.45, 2.75) is 6.92 Å². The minimum Gasteiger partial charge on any atom is -0.332 e. The molecule has 0 fully saturated rings. The Balaban J connectivity index is 2.11. The van der Waals surface area contributed by atoms with E-state index in [0.29, 0.717) is 10.0 Å². The topological polar surface area (TPSA) is 41.6 Å². The Morgan fingerprint density at radius 2 is 1.86 bits per heavy atom. The molecule has 21 heavy (non-hydrogen) atoms. The second-order valence-corrected chi connectivity index (χ2v) is 6.57. The summed E-state index contributed by atoms with van der Waals surface area (Å²) >= 11 is 14.3. The number of hydrogen-bond donors (Lipinski definition) is 1. The Labute approximate surface area is 145 Å². The van der Waals surface area contributed by atoms with E-state index in [9.17, 15) is 0 Å². The molecule has 3 nitrogen and oxygen atoms in total. The van der Waals surface area contributed by atoms with Crippen molar-refractivity contribution in [3.05, 3.63) is 56.0 Å². The van der Waals surface area contributed by atoms with Gasteiger partial charge in [0.1, 0.15) is 5.69 Å². The van der Waals surface area contributed by atoms with E-state index in [-0.39, 0.29) is 0 Å². The third-order valence-electron chi connectivity index (χ3n) is 2.99. The van der Waals surface area contributed by atoms with Crippen molar-refractivity contribution in [2.24, 2.45) is 0 Å². The first-order valence-corrected chi connectivity index (χ1v) is 8.01. The average molecular weight is 430 g/mol. The van der Waals surface area contributed by atoms with Gasteiger partial charge < -0.3 is 4.98 Å². The molecule has 1 aromatic carbocycles. The molecule has 0 spiro atoms. The summed E-state index contributed by atoms with van der Waals surface area (Å²) in [6.45, 7) is 1.96. The smallest absolute Gasteiger partial charge is 0.156 e. The molecule has 0 unspecified atom stereocenters. The first-order valence-electron chi connectivity index (χ1n) is 6.18.